The number of benzene rings is 1. The van der Waals surface area contributed by atoms with E-state index in [4.69, 9.17) is 10.5 Å². The number of nitrogens with two attached hydrogens (primary N) is 1. The normalized spacial score (nSPS) is 12.5. The summed E-state index contributed by atoms with van der Waals surface area (Å²) in [6.45, 7) is 9.46. The molecule has 18 heavy (non-hydrogen) atoms. The molecule has 0 spiro atoms. The molecule has 0 bridgehead atoms. The number of hydrogen-bond acceptors (Lipinski definition) is 3. The lowest BCUT2D eigenvalue weighted by atomic mass is 10.0. The zero-order valence-corrected chi connectivity index (χ0v) is 12.0. The molecular weight excluding hydrogens is 224 g/mol. The maximum absolute atomic E-state index is 5.90. The Morgan fingerprint density at radius 3 is 2.50 bits per heavy atom. The number of nitrogens with one attached hydrogen (secondary N) is 1. The molecule has 0 amide bonds. The molecule has 1 aromatic rings. The third kappa shape index (κ3) is 4.47. The average Bonchev–Trinajstić information content (AvgIpc) is 2.32. The van der Waals surface area contributed by atoms with Crippen LogP contribution < -0.4 is 15.8 Å². The maximum Gasteiger partial charge on any atom is 0.123 e. The third-order valence-electron chi connectivity index (χ3n) is 3.00. The Balaban J connectivity index is 2.78. The topological polar surface area (TPSA) is 47.3 Å². The highest BCUT2D eigenvalue weighted by atomic mass is 16.5. The van der Waals surface area contributed by atoms with E-state index in [1.54, 1.807) is 0 Å². The number of hydrogen-bond donors (Lipinski definition) is 2. The van der Waals surface area contributed by atoms with Crippen molar-refractivity contribution in [3.05, 3.63) is 18.2 Å². The molecule has 0 aliphatic carbocycles. The Morgan fingerprint density at radius 2 is 1.94 bits per heavy atom. The highest BCUT2D eigenvalue weighted by molar-refractivity contribution is 5.59. The van der Waals surface area contributed by atoms with Gasteiger partial charge in [-0.15, -0.1) is 0 Å². The molecular formula is C15H26N2O. The molecule has 0 heterocycles. The van der Waals surface area contributed by atoms with Crippen LogP contribution in [0.3, 0.4) is 0 Å². The molecule has 0 aromatic heterocycles. The van der Waals surface area contributed by atoms with Gasteiger partial charge in [0.15, 0.2) is 0 Å². The molecule has 0 aliphatic heterocycles. The first-order valence-corrected chi connectivity index (χ1v) is 6.86. The van der Waals surface area contributed by atoms with E-state index in [1.165, 1.54) is 0 Å². The zero-order chi connectivity index (χ0) is 13.5. The summed E-state index contributed by atoms with van der Waals surface area (Å²) in [5, 5.41) is 3.53. The lowest BCUT2D eigenvalue weighted by molar-refractivity contribution is 0.317. The summed E-state index contributed by atoms with van der Waals surface area (Å²) in [7, 11) is 0. The molecule has 3 nitrogen and oxygen atoms in total. The Bertz CT molecular complexity index is 364. The van der Waals surface area contributed by atoms with Gasteiger partial charge in [-0.25, -0.2) is 0 Å². The number of anilines is 2. The minimum absolute atomic E-state index is 0.464. The first kappa shape index (κ1) is 14.7. The molecule has 3 heteroatoms. The van der Waals surface area contributed by atoms with Gasteiger partial charge in [-0.3, -0.25) is 0 Å². The minimum Gasteiger partial charge on any atom is -0.493 e. The Kier molecular flexibility index (Phi) is 5.83. The smallest absolute Gasteiger partial charge is 0.123 e. The Morgan fingerprint density at radius 1 is 1.22 bits per heavy atom. The summed E-state index contributed by atoms with van der Waals surface area (Å²) in [5.41, 5.74) is 7.69. The standard InChI is InChI=1S/C15H26N2O/c1-5-7-18-14-9-12(16)8-13(10-14)17-15(6-2)11(3)4/h8-11,15,17H,5-7,16H2,1-4H3. The molecule has 1 rings (SSSR count). The van der Waals surface area contributed by atoms with Gasteiger partial charge < -0.3 is 15.8 Å². The molecule has 102 valence electrons. The molecule has 0 saturated heterocycles. The Hall–Kier alpha value is -1.38. The summed E-state index contributed by atoms with van der Waals surface area (Å²) in [6.07, 6.45) is 2.10. The molecule has 0 saturated carbocycles. The van der Waals surface area contributed by atoms with E-state index in [-0.39, 0.29) is 0 Å². The van der Waals surface area contributed by atoms with Crippen LogP contribution in [0.15, 0.2) is 18.2 Å². The van der Waals surface area contributed by atoms with Crippen LogP contribution in [0.2, 0.25) is 0 Å². The van der Waals surface area contributed by atoms with E-state index in [2.05, 4.69) is 33.0 Å². The monoisotopic (exact) mass is 250 g/mol. The van der Waals surface area contributed by atoms with Crippen LogP contribution in [0.1, 0.15) is 40.5 Å². The van der Waals surface area contributed by atoms with Gasteiger partial charge in [0.25, 0.3) is 0 Å². The summed E-state index contributed by atoms with van der Waals surface area (Å²) in [5.74, 6) is 1.44. The van der Waals surface area contributed by atoms with Crippen molar-refractivity contribution in [1.82, 2.24) is 0 Å². The summed E-state index contributed by atoms with van der Waals surface area (Å²) >= 11 is 0. The summed E-state index contributed by atoms with van der Waals surface area (Å²) in [6, 6.07) is 6.32. The van der Waals surface area contributed by atoms with Crippen molar-refractivity contribution < 1.29 is 4.74 Å². The van der Waals surface area contributed by atoms with Crippen LogP contribution in [0.4, 0.5) is 11.4 Å². The minimum atomic E-state index is 0.464. The van der Waals surface area contributed by atoms with Crippen LogP contribution in [0.25, 0.3) is 0 Å². The van der Waals surface area contributed by atoms with Crippen molar-refractivity contribution in [3.8, 4) is 5.75 Å². The van der Waals surface area contributed by atoms with E-state index in [1.807, 2.05) is 18.2 Å². The second-order valence-corrected chi connectivity index (χ2v) is 5.04. The summed E-state index contributed by atoms with van der Waals surface area (Å²) in [4.78, 5) is 0. The fourth-order valence-corrected chi connectivity index (χ4v) is 1.96. The van der Waals surface area contributed by atoms with E-state index in [0.717, 1.165) is 36.6 Å². The first-order valence-electron chi connectivity index (χ1n) is 6.86. The van der Waals surface area contributed by atoms with Crippen LogP contribution >= 0.6 is 0 Å². The van der Waals surface area contributed by atoms with Crippen LogP contribution in [0.5, 0.6) is 5.75 Å². The molecule has 0 radical (unpaired) electrons. The van der Waals surface area contributed by atoms with Gasteiger partial charge in [0.05, 0.1) is 6.61 Å². The van der Waals surface area contributed by atoms with Gasteiger partial charge in [0, 0.05) is 29.5 Å². The highest BCUT2D eigenvalue weighted by Gasteiger charge is 2.11. The molecule has 0 aliphatic rings. The fraction of sp³-hybridized carbons (Fsp3) is 0.600. The van der Waals surface area contributed by atoms with Crippen molar-refractivity contribution >= 4 is 11.4 Å². The number of rotatable bonds is 7. The molecule has 3 N–H and O–H groups in total. The van der Waals surface area contributed by atoms with Crippen LogP contribution in [-0.4, -0.2) is 12.6 Å². The summed E-state index contributed by atoms with van der Waals surface area (Å²) < 4.78 is 5.63. The van der Waals surface area contributed by atoms with Crippen molar-refractivity contribution in [2.75, 3.05) is 17.7 Å². The fourth-order valence-electron chi connectivity index (χ4n) is 1.96. The van der Waals surface area contributed by atoms with E-state index in [9.17, 15) is 0 Å². The predicted octanol–water partition coefficient (Wildman–Crippen LogP) is 3.90. The van der Waals surface area contributed by atoms with Crippen LogP contribution in [-0.2, 0) is 0 Å². The molecule has 1 unspecified atom stereocenters. The van der Waals surface area contributed by atoms with E-state index < -0.39 is 0 Å². The zero-order valence-electron chi connectivity index (χ0n) is 12.0. The van der Waals surface area contributed by atoms with Crippen molar-refractivity contribution in [2.24, 2.45) is 5.92 Å². The van der Waals surface area contributed by atoms with Crippen molar-refractivity contribution in [3.63, 3.8) is 0 Å². The van der Waals surface area contributed by atoms with Crippen molar-refractivity contribution in [2.45, 2.75) is 46.6 Å². The predicted molar refractivity (Wildman–Crippen MR) is 79.2 cm³/mol. The first-order chi connectivity index (χ1) is 8.56. The quantitative estimate of drug-likeness (QED) is 0.721. The largest absolute Gasteiger partial charge is 0.493 e. The second kappa shape index (κ2) is 7.14. The van der Waals surface area contributed by atoms with Crippen molar-refractivity contribution in [1.29, 1.82) is 0 Å². The Labute approximate surface area is 111 Å². The SMILES string of the molecule is CCCOc1cc(N)cc(NC(CC)C(C)C)c1. The molecule has 0 fully saturated rings. The molecule has 1 aromatic carbocycles. The van der Waals surface area contributed by atoms with Gasteiger partial charge in [-0.1, -0.05) is 27.7 Å². The lowest BCUT2D eigenvalue weighted by Gasteiger charge is -2.22. The third-order valence-corrected chi connectivity index (χ3v) is 3.00. The van der Waals surface area contributed by atoms with Gasteiger partial charge in [-0.05, 0) is 24.8 Å². The molecule has 1 atom stereocenters. The maximum atomic E-state index is 5.90. The van der Waals surface area contributed by atoms with Gasteiger partial charge >= 0.3 is 0 Å². The second-order valence-electron chi connectivity index (χ2n) is 5.04. The van der Waals surface area contributed by atoms with Gasteiger partial charge in [-0.2, -0.15) is 0 Å². The van der Waals surface area contributed by atoms with E-state index in [0.29, 0.717) is 12.0 Å². The lowest BCUT2D eigenvalue weighted by Crippen LogP contribution is -2.24. The van der Waals surface area contributed by atoms with Crippen LogP contribution in [0, 0.1) is 5.92 Å². The number of nitrogen functional groups attached to an aromatic ring is 1. The van der Waals surface area contributed by atoms with Gasteiger partial charge in [0.2, 0.25) is 0 Å². The van der Waals surface area contributed by atoms with E-state index >= 15 is 0 Å². The average molecular weight is 250 g/mol. The highest BCUT2D eigenvalue weighted by Crippen LogP contribution is 2.24. The number of ether oxygens (including phenoxy) is 1. The van der Waals surface area contributed by atoms with Gasteiger partial charge in [0.1, 0.15) is 5.75 Å².